The van der Waals surface area contributed by atoms with Crippen molar-refractivity contribution in [2.45, 2.75) is 0 Å². The molecule has 11 heavy (non-hydrogen) atoms. The SMILES string of the molecule is [U].[c-]1cccc2cccnc12. The van der Waals surface area contributed by atoms with Gasteiger partial charge in [-0.3, -0.25) is 4.98 Å². The largest absolute Gasteiger partial charge is 0.283 e. The van der Waals surface area contributed by atoms with E-state index < -0.39 is 0 Å². The van der Waals surface area contributed by atoms with Gasteiger partial charge in [-0.15, -0.1) is 11.5 Å². The Kier molecular flexibility index (Phi) is 3.11. The molecule has 1 aromatic heterocycles. The maximum Gasteiger partial charge on any atom is 0.0239 e. The van der Waals surface area contributed by atoms with E-state index in [0.717, 1.165) is 10.9 Å². The van der Waals surface area contributed by atoms with Crippen molar-refractivity contribution in [2.24, 2.45) is 0 Å². The summed E-state index contributed by atoms with van der Waals surface area (Å²) < 4.78 is 0. The van der Waals surface area contributed by atoms with Gasteiger partial charge in [0.05, 0.1) is 0 Å². The number of nitrogens with zero attached hydrogens (tertiary/aromatic N) is 1. The fraction of sp³-hybridized carbons (Fsp3) is 0. The molecule has 0 aliphatic heterocycles. The van der Waals surface area contributed by atoms with Crippen LogP contribution in [-0.2, 0) is 0 Å². The molecule has 2 aromatic rings. The van der Waals surface area contributed by atoms with Gasteiger partial charge < -0.3 is 0 Å². The van der Waals surface area contributed by atoms with Crippen LogP contribution in [-0.4, -0.2) is 4.98 Å². The van der Waals surface area contributed by atoms with E-state index in [4.69, 9.17) is 0 Å². The average Bonchev–Trinajstić information content (AvgIpc) is 2.05. The van der Waals surface area contributed by atoms with E-state index in [1.807, 2.05) is 30.3 Å². The van der Waals surface area contributed by atoms with Crippen LogP contribution in [0.3, 0.4) is 0 Å². The summed E-state index contributed by atoms with van der Waals surface area (Å²) in [4.78, 5) is 4.13. The Balaban J connectivity index is 0.000000605. The summed E-state index contributed by atoms with van der Waals surface area (Å²) in [5, 5.41) is 1.14. The Morgan fingerprint density at radius 2 is 2.00 bits per heavy atom. The molecule has 0 spiro atoms. The van der Waals surface area contributed by atoms with Crippen LogP contribution in [0.1, 0.15) is 0 Å². The molecule has 0 aliphatic carbocycles. The van der Waals surface area contributed by atoms with Crippen LogP contribution >= 0.6 is 0 Å². The van der Waals surface area contributed by atoms with Gasteiger partial charge in [0.25, 0.3) is 0 Å². The molecule has 1 aromatic carbocycles. The van der Waals surface area contributed by atoms with Crippen molar-refractivity contribution in [3.8, 4) is 0 Å². The Morgan fingerprint density at radius 3 is 2.82 bits per heavy atom. The molecule has 52 valence electrons. The molecule has 1 nitrogen and oxygen atoms in total. The van der Waals surface area contributed by atoms with E-state index in [1.165, 1.54) is 0 Å². The zero-order valence-electron chi connectivity index (χ0n) is 5.91. The number of pyridine rings is 1. The molecule has 1 heterocycles. The summed E-state index contributed by atoms with van der Waals surface area (Å²) in [6.07, 6.45) is 1.78. The van der Waals surface area contributed by atoms with Crippen molar-refractivity contribution in [3.05, 3.63) is 42.6 Å². The quantitative estimate of drug-likeness (QED) is 0.651. The van der Waals surface area contributed by atoms with Crippen LogP contribution in [0.4, 0.5) is 0 Å². The smallest absolute Gasteiger partial charge is 0.0239 e. The number of fused-ring (bicyclic) bond motifs is 1. The van der Waals surface area contributed by atoms with E-state index in [0.29, 0.717) is 0 Å². The van der Waals surface area contributed by atoms with Gasteiger partial charge in [0.1, 0.15) is 0 Å². The Hall–Kier alpha value is -0.318. The van der Waals surface area contributed by atoms with Crippen LogP contribution in [0.25, 0.3) is 10.9 Å². The summed E-state index contributed by atoms with van der Waals surface area (Å²) in [6, 6.07) is 12.9. The van der Waals surface area contributed by atoms with Gasteiger partial charge in [-0.1, -0.05) is 6.07 Å². The van der Waals surface area contributed by atoms with Crippen molar-refractivity contribution in [1.29, 1.82) is 0 Å². The summed E-state index contributed by atoms with van der Waals surface area (Å²) in [5.41, 5.74) is 0.935. The fourth-order valence-electron chi connectivity index (χ4n) is 0.952. The van der Waals surface area contributed by atoms with Crippen molar-refractivity contribution < 1.29 is 31.1 Å². The van der Waals surface area contributed by atoms with Gasteiger partial charge in [0.2, 0.25) is 0 Å². The van der Waals surface area contributed by atoms with E-state index in [9.17, 15) is 0 Å². The van der Waals surface area contributed by atoms with E-state index in [2.05, 4.69) is 11.1 Å². The Morgan fingerprint density at radius 1 is 1.18 bits per heavy atom. The molecule has 0 fully saturated rings. The first-order valence-corrected chi connectivity index (χ1v) is 3.18. The first-order valence-electron chi connectivity index (χ1n) is 3.18. The standard InChI is InChI=1S/C9H6N.U/c1-2-6-9-8(4-1)5-3-7-10-9;/h1-5,7H;/q-1;. The predicted octanol–water partition coefficient (Wildman–Crippen LogP) is 2.03. The van der Waals surface area contributed by atoms with Gasteiger partial charge in [0.15, 0.2) is 0 Å². The molecule has 0 bridgehead atoms. The Bertz CT molecular complexity index is 281. The number of aromatic nitrogens is 1. The van der Waals surface area contributed by atoms with Crippen LogP contribution < -0.4 is 0 Å². The number of para-hydroxylation sites is 1. The number of benzene rings is 1. The number of hydrogen-bond acceptors (Lipinski definition) is 1. The zero-order valence-corrected chi connectivity index (χ0v) is 10.1. The molecule has 0 saturated heterocycles. The summed E-state index contributed by atoms with van der Waals surface area (Å²) in [5.74, 6) is 0. The molecule has 0 atom stereocenters. The molecule has 0 aliphatic rings. The molecule has 0 saturated carbocycles. The minimum atomic E-state index is 0. The molecular formula is C9H6NU-. The second-order valence-corrected chi connectivity index (χ2v) is 2.11. The third kappa shape index (κ3) is 1.83. The first-order chi connectivity index (χ1) is 4.97. The summed E-state index contributed by atoms with van der Waals surface area (Å²) in [7, 11) is 0. The number of rotatable bonds is 0. The molecule has 2 rings (SSSR count). The second kappa shape index (κ2) is 3.90. The molecule has 0 amide bonds. The monoisotopic (exact) mass is 366 g/mol. The molecule has 2 heteroatoms. The van der Waals surface area contributed by atoms with Gasteiger partial charge in [-0.25, -0.2) is 0 Å². The summed E-state index contributed by atoms with van der Waals surface area (Å²) in [6.45, 7) is 0. The van der Waals surface area contributed by atoms with Gasteiger partial charge in [0, 0.05) is 37.3 Å². The third-order valence-corrected chi connectivity index (χ3v) is 1.43. The average molecular weight is 366 g/mol. The van der Waals surface area contributed by atoms with Crippen LogP contribution in [0.5, 0.6) is 0 Å². The van der Waals surface area contributed by atoms with Crippen molar-refractivity contribution >= 4 is 10.9 Å². The Labute approximate surface area is 89.2 Å². The van der Waals surface area contributed by atoms with Crippen LogP contribution in [0.2, 0.25) is 0 Å². The van der Waals surface area contributed by atoms with Gasteiger partial charge in [-0.2, -0.15) is 24.3 Å². The molecule has 0 unspecified atom stereocenters. The van der Waals surface area contributed by atoms with Crippen molar-refractivity contribution in [3.63, 3.8) is 0 Å². The zero-order chi connectivity index (χ0) is 6.81. The maximum absolute atomic E-state index is 4.13. The fourth-order valence-corrected chi connectivity index (χ4v) is 0.952. The third-order valence-electron chi connectivity index (χ3n) is 1.43. The minimum absolute atomic E-state index is 0. The molecular weight excluding hydrogens is 360 g/mol. The minimum Gasteiger partial charge on any atom is -0.283 e. The second-order valence-electron chi connectivity index (χ2n) is 2.11. The maximum atomic E-state index is 4.13. The molecule has 0 radical (unpaired) electrons. The predicted molar refractivity (Wildman–Crippen MR) is 40.6 cm³/mol. The van der Waals surface area contributed by atoms with Gasteiger partial charge >= 0.3 is 0 Å². The first kappa shape index (κ1) is 8.78. The number of hydrogen-bond donors (Lipinski definition) is 0. The van der Waals surface area contributed by atoms with E-state index in [1.54, 1.807) is 6.20 Å². The normalized spacial score (nSPS) is 9.09. The molecule has 0 N–H and O–H groups in total. The van der Waals surface area contributed by atoms with Crippen LogP contribution in [0, 0.1) is 37.2 Å². The van der Waals surface area contributed by atoms with E-state index in [-0.39, 0.29) is 31.1 Å². The van der Waals surface area contributed by atoms with Crippen molar-refractivity contribution in [2.75, 3.05) is 0 Å². The van der Waals surface area contributed by atoms with Gasteiger partial charge in [-0.05, 0) is 5.52 Å². The topological polar surface area (TPSA) is 12.9 Å². The van der Waals surface area contributed by atoms with E-state index >= 15 is 0 Å². The van der Waals surface area contributed by atoms with Crippen LogP contribution in [0.15, 0.2) is 36.5 Å². The summed E-state index contributed by atoms with van der Waals surface area (Å²) >= 11 is 0. The van der Waals surface area contributed by atoms with Crippen molar-refractivity contribution in [1.82, 2.24) is 4.98 Å².